The van der Waals surface area contributed by atoms with Gasteiger partial charge in [-0.3, -0.25) is 4.90 Å². The van der Waals surface area contributed by atoms with Gasteiger partial charge in [-0.25, -0.2) is 0 Å². The summed E-state index contributed by atoms with van der Waals surface area (Å²) in [5.74, 6) is 0. The summed E-state index contributed by atoms with van der Waals surface area (Å²) < 4.78 is 0. The third kappa shape index (κ3) is 4.27. The molecule has 0 bridgehead atoms. The molecule has 94 valence electrons. The van der Waals surface area contributed by atoms with Crippen molar-refractivity contribution in [3.63, 3.8) is 0 Å². The van der Waals surface area contributed by atoms with Gasteiger partial charge in [-0.2, -0.15) is 11.8 Å². The highest BCUT2D eigenvalue weighted by Crippen LogP contribution is 2.31. The zero-order chi connectivity index (χ0) is 11.2. The molecule has 1 aliphatic carbocycles. The molecule has 2 fully saturated rings. The fourth-order valence-corrected chi connectivity index (χ4v) is 4.39. The summed E-state index contributed by atoms with van der Waals surface area (Å²) in [6.45, 7) is 8.57. The van der Waals surface area contributed by atoms with Crippen LogP contribution in [-0.2, 0) is 0 Å². The van der Waals surface area contributed by atoms with E-state index in [1.807, 2.05) is 0 Å². The average molecular weight is 242 g/mol. The van der Waals surface area contributed by atoms with Crippen LogP contribution in [0.4, 0.5) is 0 Å². The minimum Gasteiger partial charge on any atom is -0.314 e. The number of hydrogen-bond acceptors (Lipinski definition) is 3. The van der Waals surface area contributed by atoms with E-state index in [0.717, 1.165) is 10.5 Å². The van der Waals surface area contributed by atoms with E-state index >= 15 is 0 Å². The van der Waals surface area contributed by atoms with E-state index in [2.05, 4.69) is 28.9 Å². The predicted octanol–water partition coefficient (Wildman–Crippen LogP) is 2.35. The fourth-order valence-electron chi connectivity index (χ4n) is 2.83. The van der Waals surface area contributed by atoms with Crippen LogP contribution in [0.25, 0.3) is 0 Å². The van der Waals surface area contributed by atoms with Crippen LogP contribution in [0.3, 0.4) is 0 Å². The smallest absolute Gasteiger partial charge is 0.0149 e. The lowest BCUT2D eigenvalue weighted by molar-refractivity contribution is 0.244. The molecule has 16 heavy (non-hydrogen) atoms. The largest absolute Gasteiger partial charge is 0.314 e. The highest BCUT2D eigenvalue weighted by atomic mass is 32.2. The molecular formula is C13H26N2S. The van der Waals surface area contributed by atoms with E-state index in [1.54, 1.807) is 0 Å². The molecule has 1 saturated carbocycles. The Morgan fingerprint density at radius 1 is 1.19 bits per heavy atom. The van der Waals surface area contributed by atoms with Crippen molar-refractivity contribution in [2.24, 2.45) is 0 Å². The van der Waals surface area contributed by atoms with Gasteiger partial charge >= 0.3 is 0 Å². The first kappa shape index (κ1) is 12.7. The lowest BCUT2D eigenvalue weighted by Gasteiger charge is -2.31. The van der Waals surface area contributed by atoms with Crippen molar-refractivity contribution in [2.75, 3.05) is 32.7 Å². The number of hydrogen-bond donors (Lipinski definition) is 1. The van der Waals surface area contributed by atoms with Gasteiger partial charge < -0.3 is 5.32 Å². The molecule has 0 amide bonds. The van der Waals surface area contributed by atoms with Crippen molar-refractivity contribution in [1.29, 1.82) is 0 Å². The van der Waals surface area contributed by atoms with Gasteiger partial charge in [-0.15, -0.1) is 0 Å². The molecule has 0 radical (unpaired) electrons. The first-order valence-corrected chi connectivity index (χ1v) is 7.87. The molecule has 0 spiro atoms. The van der Waals surface area contributed by atoms with Gasteiger partial charge in [0.1, 0.15) is 0 Å². The van der Waals surface area contributed by atoms with Crippen LogP contribution in [0, 0.1) is 0 Å². The third-order valence-corrected chi connectivity index (χ3v) is 5.17. The number of rotatable bonds is 4. The molecule has 1 aliphatic heterocycles. The van der Waals surface area contributed by atoms with Gasteiger partial charge in [0.15, 0.2) is 0 Å². The molecule has 0 aromatic rings. The Balaban J connectivity index is 1.64. The molecule has 0 aromatic carbocycles. The van der Waals surface area contributed by atoms with Gasteiger partial charge in [0.2, 0.25) is 0 Å². The van der Waals surface area contributed by atoms with Crippen molar-refractivity contribution in [1.82, 2.24) is 10.2 Å². The SMILES string of the molecule is CC(CN1CCNCC1)SC1CCCCC1. The van der Waals surface area contributed by atoms with Crippen LogP contribution < -0.4 is 5.32 Å². The topological polar surface area (TPSA) is 15.3 Å². The Morgan fingerprint density at radius 2 is 1.88 bits per heavy atom. The highest BCUT2D eigenvalue weighted by Gasteiger charge is 2.19. The Morgan fingerprint density at radius 3 is 2.56 bits per heavy atom. The molecule has 1 atom stereocenters. The second-order valence-electron chi connectivity index (χ2n) is 5.26. The van der Waals surface area contributed by atoms with E-state index in [4.69, 9.17) is 0 Å². The van der Waals surface area contributed by atoms with E-state index in [9.17, 15) is 0 Å². The monoisotopic (exact) mass is 242 g/mol. The molecule has 2 rings (SSSR count). The second-order valence-corrected chi connectivity index (χ2v) is 7.00. The first-order valence-electron chi connectivity index (χ1n) is 6.93. The maximum atomic E-state index is 3.42. The summed E-state index contributed by atoms with van der Waals surface area (Å²) in [6.07, 6.45) is 7.35. The van der Waals surface area contributed by atoms with Gasteiger partial charge in [-0.05, 0) is 12.8 Å². The standard InChI is InChI=1S/C13H26N2S/c1-12(11-15-9-7-14-8-10-15)16-13-5-3-2-4-6-13/h12-14H,2-11H2,1H3. The number of thioether (sulfide) groups is 1. The molecule has 2 nitrogen and oxygen atoms in total. The normalized spacial score (nSPS) is 26.8. The minimum atomic E-state index is 0.821. The third-order valence-electron chi connectivity index (χ3n) is 3.70. The van der Waals surface area contributed by atoms with Crippen molar-refractivity contribution in [2.45, 2.75) is 49.5 Å². The molecule has 2 aliphatic rings. The van der Waals surface area contributed by atoms with Crippen molar-refractivity contribution in [3.05, 3.63) is 0 Å². The zero-order valence-electron chi connectivity index (χ0n) is 10.6. The van der Waals surface area contributed by atoms with Crippen molar-refractivity contribution in [3.8, 4) is 0 Å². The molecular weight excluding hydrogens is 216 g/mol. The maximum absolute atomic E-state index is 3.42. The number of piperazine rings is 1. The summed E-state index contributed by atoms with van der Waals surface area (Å²) in [4.78, 5) is 2.62. The summed E-state index contributed by atoms with van der Waals surface area (Å²) in [7, 11) is 0. The molecule has 1 saturated heterocycles. The van der Waals surface area contributed by atoms with E-state index in [0.29, 0.717) is 0 Å². The van der Waals surface area contributed by atoms with E-state index in [-0.39, 0.29) is 0 Å². The van der Waals surface area contributed by atoms with E-state index in [1.165, 1.54) is 64.8 Å². The molecule has 1 unspecified atom stereocenters. The fraction of sp³-hybridized carbons (Fsp3) is 1.00. The van der Waals surface area contributed by atoms with Gasteiger partial charge in [0.25, 0.3) is 0 Å². The molecule has 3 heteroatoms. The van der Waals surface area contributed by atoms with Crippen molar-refractivity contribution < 1.29 is 0 Å². The van der Waals surface area contributed by atoms with Gasteiger partial charge in [-0.1, -0.05) is 26.2 Å². The van der Waals surface area contributed by atoms with Gasteiger partial charge in [0, 0.05) is 43.2 Å². The maximum Gasteiger partial charge on any atom is 0.0149 e. The first-order chi connectivity index (χ1) is 7.84. The predicted molar refractivity (Wildman–Crippen MR) is 73.2 cm³/mol. The second kappa shape index (κ2) is 6.87. The quantitative estimate of drug-likeness (QED) is 0.815. The highest BCUT2D eigenvalue weighted by molar-refractivity contribution is 8.00. The Kier molecular flexibility index (Phi) is 5.46. The Hall–Kier alpha value is 0.270. The summed E-state index contributed by atoms with van der Waals surface area (Å²) >= 11 is 2.25. The Bertz CT molecular complexity index is 166. The van der Waals surface area contributed by atoms with Gasteiger partial charge in [0.05, 0.1) is 0 Å². The summed E-state index contributed by atoms with van der Waals surface area (Å²) in [5, 5.41) is 5.21. The lowest BCUT2D eigenvalue weighted by Crippen LogP contribution is -2.45. The minimum absolute atomic E-state index is 0.821. The van der Waals surface area contributed by atoms with Crippen LogP contribution in [0.5, 0.6) is 0 Å². The van der Waals surface area contributed by atoms with Crippen LogP contribution in [0.2, 0.25) is 0 Å². The molecule has 0 aromatic heterocycles. The number of nitrogens with one attached hydrogen (secondary N) is 1. The van der Waals surface area contributed by atoms with Crippen LogP contribution in [0.15, 0.2) is 0 Å². The van der Waals surface area contributed by atoms with Crippen LogP contribution >= 0.6 is 11.8 Å². The van der Waals surface area contributed by atoms with Crippen molar-refractivity contribution >= 4 is 11.8 Å². The summed E-state index contributed by atoms with van der Waals surface area (Å²) in [6, 6.07) is 0. The molecule has 1 N–H and O–H groups in total. The summed E-state index contributed by atoms with van der Waals surface area (Å²) in [5.41, 5.74) is 0. The zero-order valence-corrected chi connectivity index (χ0v) is 11.4. The molecule has 1 heterocycles. The lowest BCUT2D eigenvalue weighted by atomic mass is 10.0. The average Bonchev–Trinajstić information content (AvgIpc) is 2.31. The van der Waals surface area contributed by atoms with E-state index < -0.39 is 0 Å². The number of nitrogens with zero attached hydrogens (tertiary/aromatic N) is 1. The van der Waals surface area contributed by atoms with Crippen LogP contribution in [0.1, 0.15) is 39.0 Å². The van der Waals surface area contributed by atoms with Crippen LogP contribution in [-0.4, -0.2) is 48.1 Å². The Labute approximate surface area is 105 Å².